The highest BCUT2D eigenvalue weighted by Gasteiger charge is 2.34. The molecule has 1 fully saturated rings. The molecule has 5 rings (SSSR count). The molecule has 0 radical (unpaired) electrons. The minimum Gasteiger partial charge on any atom is -0.501 e. The van der Waals surface area contributed by atoms with Crippen LogP contribution < -0.4 is 10.9 Å². The molecule has 38 heavy (non-hydrogen) atoms. The van der Waals surface area contributed by atoms with E-state index in [1.807, 2.05) is 0 Å². The Morgan fingerprint density at radius 1 is 1.18 bits per heavy atom. The normalized spacial score (nSPS) is 16.7. The first kappa shape index (κ1) is 25.5. The molecule has 0 aliphatic carbocycles. The molecule has 3 aromatic rings. The number of hydrogen-bond donors (Lipinski definition) is 2. The van der Waals surface area contributed by atoms with Crippen LogP contribution >= 0.6 is 0 Å². The van der Waals surface area contributed by atoms with Gasteiger partial charge in [0.15, 0.2) is 5.69 Å². The number of aromatic nitrogens is 5. The molecular weight excluding hydrogens is 501 g/mol. The van der Waals surface area contributed by atoms with Crippen molar-refractivity contribution in [1.29, 1.82) is 0 Å². The van der Waals surface area contributed by atoms with Gasteiger partial charge in [-0.3, -0.25) is 19.0 Å². The highest BCUT2D eigenvalue weighted by Crippen LogP contribution is 2.27. The van der Waals surface area contributed by atoms with E-state index in [4.69, 9.17) is 9.47 Å². The predicted molar refractivity (Wildman–Crippen MR) is 128 cm³/mol. The Balaban J connectivity index is 1.38. The quantitative estimate of drug-likeness (QED) is 0.478. The van der Waals surface area contributed by atoms with Gasteiger partial charge in [-0.05, 0) is 31.5 Å². The minimum atomic E-state index is -0.937. The van der Waals surface area contributed by atoms with Crippen molar-refractivity contribution >= 4 is 11.8 Å². The molecule has 2 N–H and O–H groups in total. The van der Waals surface area contributed by atoms with Crippen LogP contribution in [0.25, 0.3) is 5.69 Å². The number of hydrogen-bond acceptors (Lipinski definition) is 9. The lowest BCUT2D eigenvalue weighted by atomic mass is 10.1. The molecule has 2 amide bonds. The second kappa shape index (κ2) is 9.95. The van der Waals surface area contributed by atoms with Crippen LogP contribution in [0.1, 0.15) is 46.3 Å². The van der Waals surface area contributed by atoms with Gasteiger partial charge in [-0.2, -0.15) is 0 Å². The van der Waals surface area contributed by atoms with Gasteiger partial charge in [0.2, 0.25) is 11.6 Å². The van der Waals surface area contributed by atoms with Crippen molar-refractivity contribution in [3.05, 3.63) is 63.6 Å². The number of nitrogens with zero attached hydrogens (tertiary/aromatic N) is 6. The van der Waals surface area contributed by atoms with E-state index in [1.165, 1.54) is 33.8 Å². The van der Waals surface area contributed by atoms with E-state index < -0.39 is 34.3 Å². The van der Waals surface area contributed by atoms with Crippen LogP contribution in [0.15, 0.2) is 29.3 Å². The van der Waals surface area contributed by atoms with Gasteiger partial charge >= 0.3 is 0 Å². The third-order valence-corrected chi connectivity index (χ3v) is 6.39. The van der Waals surface area contributed by atoms with Crippen molar-refractivity contribution < 1.29 is 28.6 Å². The van der Waals surface area contributed by atoms with E-state index in [2.05, 4.69) is 20.4 Å². The lowest BCUT2D eigenvalue weighted by Gasteiger charge is -2.32. The molecule has 200 valence electrons. The Labute approximate surface area is 215 Å². The molecule has 2 aliphatic rings. The Bertz CT molecular complexity index is 1460. The zero-order valence-electron chi connectivity index (χ0n) is 20.8. The van der Waals surface area contributed by atoms with E-state index in [-0.39, 0.29) is 42.9 Å². The average molecular weight is 528 g/mol. The number of benzene rings is 1. The summed E-state index contributed by atoms with van der Waals surface area (Å²) in [6, 6.07) is 3.85. The zero-order valence-corrected chi connectivity index (χ0v) is 20.8. The van der Waals surface area contributed by atoms with Gasteiger partial charge in [0.1, 0.15) is 23.6 Å². The number of halogens is 1. The van der Waals surface area contributed by atoms with E-state index in [0.717, 1.165) is 0 Å². The summed E-state index contributed by atoms with van der Waals surface area (Å²) in [5, 5.41) is 17.2. The van der Waals surface area contributed by atoms with E-state index in [9.17, 15) is 23.9 Å². The molecule has 1 aromatic carbocycles. The first-order chi connectivity index (χ1) is 18.2. The first-order valence-corrected chi connectivity index (χ1v) is 12.0. The minimum absolute atomic E-state index is 0.0559. The number of rotatable bonds is 5. The highest BCUT2D eigenvalue weighted by atomic mass is 19.1. The monoisotopic (exact) mass is 527 g/mol. The third kappa shape index (κ3) is 4.75. The standard InChI is InChI=1S/C24H26FN7O6/c1-24(2)23-28-17(18(33)21(35)31(23)7-10-38-24)20(34)26-12-14-3-4-15(25)11-16(14)32-13-27-19(29-32)22(36)30-5-8-37-9-6-30/h3-4,11,13,33H,5-10,12H2,1-2H3,(H,26,34). The predicted octanol–water partition coefficient (Wildman–Crippen LogP) is 0.336. The molecule has 13 nitrogen and oxygen atoms in total. The molecular formula is C24H26FN7O6. The number of nitrogens with one attached hydrogen (secondary N) is 1. The number of aromatic hydroxyl groups is 1. The first-order valence-electron chi connectivity index (χ1n) is 12.0. The fourth-order valence-corrected chi connectivity index (χ4v) is 4.37. The summed E-state index contributed by atoms with van der Waals surface area (Å²) in [6.45, 7) is 5.45. The summed E-state index contributed by atoms with van der Waals surface area (Å²) in [4.78, 5) is 48.3. The summed E-state index contributed by atoms with van der Waals surface area (Å²) in [5.41, 5.74) is -1.43. The molecule has 0 atom stereocenters. The van der Waals surface area contributed by atoms with Crippen molar-refractivity contribution in [2.75, 3.05) is 32.9 Å². The van der Waals surface area contributed by atoms with Crippen molar-refractivity contribution in [2.45, 2.75) is 32.5 Å². The lowest BCUT2D eigenvalue weighted by Crippen LogP contribution is -2.42. The molecule has 14 heteroatoms. The van der Waals surface area contributed by atoms with Gasteiger partial charge in [-0.15, -0.1) is 5.10 Å². The number of fused-ring (bicyclic) bond motifs is 1. The second-order valence-electron chi connectivity index (χ2n) is 9.32. The number of ether oxygens (including phenoxy) is 2. The summed E-state index contributed by atoms with van der Waals surface area (Å²) >= 11 is 0. The Morgan fingerprint density at radius 3 is 2.71 bits per heavy atom. The zero-order chi connectivity index (χ0) is 27.0. The van der Waals surface area contributed by atoms with Crippen LogP contribution in [0.4, 0.5) is 4.39 Å². The number of carbonyl (C=O) groups is 2. The van der Waals surface area contributed by atoms with E-state index >= 15 is 0 Å². The highest BCUT2D eigenvalue weighted by molar-refractivity contribution is 5.94. The van der Waals surface area contributed by atoms with Gasteiger partial charge < -0.3 is 24.8 Å². The molecule has 0 spiro atoms. The van der Waals surface area contributed by atoms with Crippen molar-refractivity contribution in [3.8, 4) is 11.4 Å². The fourth-order valence-electron chi connectivity index (χ4n) is 4.37. The average Bonchev–Trinajstić information content (AvgIpc) is 3.40. The van der Waals surface area contributed by atoms with Crippen molar-refractivity contribution in [2.24, 2.45) is 0 Å². The summed E-state index contributed by atoms with van der Waals surface area (Å²) in [7, 11) is 0. The Hall–Kier alpha value is -4.17. The molecule has 4 heterocycles. The topological polar surface area (TPSA) is 154 Å². The van der Waals surface area contributed by atoms with Crippen LogP contribution in [0.3, 0.4) is 0 Å². The Kier molecular flexibility index (Phi) is 6.67. The Morgan fingerprint density at radius 2 is 1.95 bits per heavy atom. The van der Waals surface area contributed by atoms with Crippen molar-refractivity contribution in [3.63, 3.8) is 0 Å². The van der Waals surface area contributed by atoms with Crippen LogP contribution in [0.2, 0.25) is 0 Å². The van der Waals surface area contributed by atoms with E-state index in [1.54, 1.807) is 18.7 Å². The third-order valence-electron chi connectivity index (χ3n) is 6.39. The van der Waals surface area contributed by atoms with Gasteiger partial charge in [0, 0.05) is 19.6 Å². The SMILES string of the molecule is CC1(C)OCCn2c1nc(C(=O)NCc1ccc(F)cc1-n1cnc(C(=O)N3CCOCC3)n1)c(O)c2=O. The van der Waals surface area contributed by atoms with Crippen LogP contribution in [-0.4, -0.2) is 79.0 Å². The summed E-state index contributed by atoms with van der Waals surface area (Å²) in [6.07, 6.45) is 1.29. The molecule has 2 aromatic heterocycles. The molecule has 0 unspecified atom stereocenters. The summed E-state index contributed by atoms with van der Waals surface area (Å²) < 4.78 is 27.6. The fraction of sp³-hybridized carbons (Fsp3) is 0.417. The van der Waals surface area contributed by atoms with Crippen molar-refractivity contribution in [1.82, 2.24) is 34.5 Å². The molecule has 1 saturated heterocycles. The second-order valence-corrected chi connectivity index (χ2v) is 9.32. The maximum absolute atomic E-state index is 14.2. The molecule has 0 bridgehead atoms. The van der Waals surface area contributed by atoms with Gasteiger partial charge in [-0.1, -0.05) is 6.07 Å². The number of morpholine rings is 1. The van der Waals surface area contributed by atoms with Gasteiger partial charge in [-0.25, -0.2) is 19.0 Å². The number of carbonyl (C=O) groups excluding carboxylic acids is 2. The van der Waals surface area contributed by atoms with E-state index in [0.29, 0.717) is 31.9 Å². The van der Waals surface area contributed by atoms with Crippen LogP contribution in [0.5, 0.6) is 5.75 Å². The smallest absolute Gasteiger partial charge is 0.296 e. The maximum Gasteiger partial charge on any atom is 0.296 e. The van der Waals surface area contributed by atoms with Crippen LogP contribution in [-0.2, 0) is 28.2 Å². The van der Waals surface area contributed by atoms with Gasteiger partial charge in [0.05, 0.1) is 32.1 Å². The van der Waals surface area contributed by atoms with Crippen LogP contribution in [0, 0.1) is 5.82 Å². The van der Waals surface area contributed by atoms with Gasteiger partial charge in [0.25, 0.3) is 17.4 Å². The molecule has 0 saturated carbocycles. The lowest BCUT2D eigenvalue weighted by molar-refractivity contribution is -0.0566. The maximum atomic E-state index is 14.2. The number of amides is 2. The summed E-state index contributed by atoms with van der Waals surface area (Å²) in [5.74, 6) is -2.34. The largest absolute Gasteiger partial charge is 0.501 e. The molecule has 2 aliphatic heterocycles.